The van der Waals surface area contributed by atoms with Crippen LogP contribution in [0.2, 0.25) is 0 Å². The van der Waals surface area contributed by atoms with E-state index in [-0.39, 0.29) is 4.90 Å². The third-order valence-electron chi connectivity index (χ3n) is 3.62. The fourth-order valence-corrected chi connectivity index (χ4v) is 3.16. The lowest BCUT2D eigenvalue weighted by Gasteiger charge is -2.08. The van der Waals surface area contributed by atoms with Crippen LogP contribution in [0.3, 0.4) is 0 Å². The molecular formula is C17H16N4O3S. The van der Waals surface area contributed by atoms with E-state index in [4.69, 9.17) is 5.14 Å². The Hall–Kier alpha value is -2.97. The number of nitrogens with two attached hydrogens (primary N) is 1. The Morgan fingerprint density at radius 3 is 2.56 bits per heavy atom. The molecule has 2 aromatic carbocycles. The van der Waals surface area contributed by atoms with Crippen molar-refractivity contribution in [1.29, 1.82) is 0 Å². The maximum absolute atomic E-state index is 12.4. The number of nitrogens with one attached hydrogen (secondary N) is 1. The molecule has 0 aliphatic heterocycles. The van der Waals surface area contributed by atoms with E-state index < -0.39 is 15.9 Å². The zero-order valence-electron chi connectivity index (χ0n) is 13.4. The number of hydrogen-bond acceptors (Lipinski definition) is 4. The van der Waals surface area contributed by atoms with Gasteiger partial charge in [-0.15, -0.1) is 0 Å². The first-order valence-corrected chi connectivity index (χ1v) is 8.94. The monoisotopic (exact) mass is 356 g/mol. The van der Waals surface area contributed by atoms with Crippen LogP contribution in [0.5, 0.6) is 0 Å². The summed E-state index contributed by atoms with van der Waals surface area (Å²) in [5, 5.41) is 12.0. The Bertz CT molecular complexity index is 1030. The predicted molar refractivity (Wildman–Crippen MR) is 94.1 cm³/mol. The molecule has 1 heterocycles. The van der Waals surface area contributed by atoms with E-state index in [0.29, 0.717) is 16.8 Å². The Morgan fingerprint density at radius 1 is 1.16 bits per heavy atom. The lowest BCUT2D eigenvalue weighted by atomic mass is 10.2. The molecule has 3 rings (SSSR count). The minimum atomic E-state index is -3.86. The minimum absolute atomic E-state index is 0.0229. The number of nitrogens with zero attached hydrogens (tertiary/aromatic N) is 2. The fourth-order valence-electron chi connectivity index (χ4n) is 2.35. The number of sulfonamides is 1. The molecule has 0 atom stereocenters. The van der Waals surface area contributed by atoms with Crippen molar-refractivity contribution in [2.24, 2.45) is 5.14 Å². The highest BCUT2D eigenvalue weighted by atomic mass is 32.2. The largest absolute Gasteiger partial charge is 0.322 e. The van der Waals surface area contributed by atoms with Crippen molar-refractivity contribution >= 4 is 21.6 Å². The van der Waals surface area contributed by atoms with Crippen molar-refractivity contribution in [3.8, 4) is 5.69 Å². The third kappa shape index (κ3) is 3.76. The zero-order valence-corrected chi connectivity index (χ0v) is 14.2. The molecule has 0 bridgehead atoms. The number of primary sulfonamides is 1. The summed E-state index contributed by atoms with van der Waals surface area (Å²) >= 11 is 0. The van der Waals surface area contributed by atoms with Crippen LogP contribution in [0.1, 0.15) is 15.9 Å². The van der Waals surface area contributed by atoms with Crippen LogP contribution in [0.15, 0.2) is 65.8 Å². The summed E-state index contributed by atoms with van der Waals surface area (Å²) in [6.07, 6.45) is 3.04. The molecule has 128 valence electrons. The van der Waals surface area contributed by atoms with Gasteiger partial charge in [-0.3, -0.25) is 4.79 Å². The van der Waals surface area contributed by atoms with Crippen molar-refractivity contribution in [3.63, 3.8) is 0 Å². The van der Waals surface area contributed by atoms with Crippen molar-refractivity contribution < 1.29 is 13.2 Å². The van der Waals surface area contributed by atoms with Gasteiger partial charge in [-0.05, 0) is 36.8 Å². The van der Waals surface area contributed by atoms with Gasteiger partial charge in [0.25, 0.3) is 5.91 Å². The van der Waals surface area contributed by atoms with Crippen molar-refractivity contribution in [2.75, 3.05) is 5.32 Å². The molecule has 0 unspecified atom stereocenters. The number of rotatable bonds is 4. The molecule has 0 spiro atoms. The molecule has 0 aliphatic rings. The summed E-state index contributed by atoms with van der Waals surface area (Å²) < 4.78 is 24.7. The van der Waals surface area contributed by atoms with E-state index in [1.807, 2.05) is 30.3 Å². The lowest BCUT2D eigenvalue weighted by Crippen LogP contribution is -2.15. The number of aryl methyl sites for hydroxylation is 1. The van der Waals surface area contributed by atoms with Gasteiger partial charge in [0.05, 0.1) is 22.3 Å². The van der Waals surface area contributed by atoms with Crippen LogP contribution in [0.25, 0.3) is 5.69 Å². The lowest BCUT2D eigenvalue weighted by molar-refractivity contribution is 0.102. The number of benzene rings is 2. The van der Waals surface area contributed by atoms with Crippen LogP contribution in [0.4, 0.5) is 5.69 Å². The normalized spacial score (nSPS) is 11.3. The Morgan fingerprint density at radius 2 is 1.88 bits per heavy atom. The quantitative estimate of drug-likeness (QED) is 0.746. The topological polar surface area (TPSA) is 107 Å². The highest BCUT2D eigenvalue weighted by Crippen LogP contribution is 2.19. The van der Waals surface area contributed by atoms with E-state index >= 15 is 0 Å². The predicted octanol–water partition coefficient (Wildman–Crippen LogP) is 2.08. The van der Waals surface area contributed by atoms with Gasteiger partial charge < -0.3 is 5.32 Å². The number of hydrogen-bond donors (Lipinski definition) is 2. The number of anilines is 1. The van der Waals surface area contributed by atoms with E-state index in [1.165, 1.54) is 12.3 Å². The number of aromatic nitrogens is 2. The second-order valence-corrected chi connectivity index (χ2v) is 7.02. The maximum atomic E-state index is 12.4. The van der Waals surface area contributed by atoms with Crippen molar-refractivity contribution in [1.82, 2.24) is 9.78 Å². The molecule has 7 nitrogen and oxygen atoms in total. The third-order valence-corrected chi connectivity index (χ3v) is 4.67. The number of amides is 1. The van der Waals surface area contributed by atoms with Gasteiger partial charge in [-0.1, -0.05) is 24.3 Å². The summed E-state index contributed by atoms with van der Waals surface area (Å²) in [6.45, 7) is 1.63. The van der Waals surface area contributed by atoms with Crippen LogP contribution >= 0.6 is 0 Å². The van der Waals surface area contributed by atoms with E-state index in [2.05, 4.69) is 10.4 Å². The maximum Gasteiger partial charge on any atom is 0.258 e. The molecule has 25 heavy (non-hydrogen) atoms. The summed E-state index contributed by atoms with van der Waals surface area (Å²) in [4.78, 5) is 12.3. The average molecular weight is 356 g/mol. The number of carbonyl (C=O) groups is 1. The second kappa shape index (κ2) is 6.50. The van der Waals surface area contributed by atoms with Crippen LogP contribution in [0, 0.1) is 6.92 Å². The van der Waals surface area contributed by atoms with E-state index in [9.17, 15) is 13.2 Å². The highest BCUT2D eigenvalue weighted by Gasteiger charge is 2.14. The molecule has 3 aromatic rings. The van der Waals surface area contributed by atoms with Crippen LogP contribution in [-0.2, 0) is 10.0 Å². The molecular weight excluding hydrogens is 340 g/mol. The number of carbonyl (C=O) groups excluding carboxylic acids is 1. The molecule has 0 saturated carbocycles. The minimum Gasteiger partial charge on any atom is -0.322 e. The van der Waals surface area contributed by atoms with Gasteiger partial charge in [-0.25, -0.2) is 18.2 Å². The first-order chi connectivity index (χ1) is 11.8. The summed E-state index contributed by atoms with van der Waals surface area (Å²) in [6, 6.07) is 13.9. The first-order valence-electron chi connectivity index (χ1n) is 7.39. The van der Waals surface area contributed by atoms with Crippen LogP contribution < -0.4 is 10.5 Å². The number of para-hydroxylation sites is 1. The molecule has 8 heteroatoms. The molecule has 0 radical (unpaired) electrons. The molecule has 3 N–H and O–H groups in total. The molecule has 1 aromatic heterocycles. The van der Waals surface area contributed by atoms with E-state index in [1.54, 1.807) is 29.9 Å². The molecule has 0 aliphatic carbocycles. The van der Waals surface area contributed by atoms with E-state index in [0.717, 1.165) is 5.69 Å². The standard InChI is InChI=1S/C17H16N4O3S/c1-12-7-8-14(9-16(12)25(18,23)24)20-17(22)13-10-19-21(11-13)15-5-3-2-4-6-15/h2-11H,1H3,(H,20,22)(H2,18,23,24). The highest BCUT2D eigenvalue weighted by molar-refractivity contribution is 7.89. The van der Waals surface area contributed by atoms with Gasteiger partial charge in [0.2, 0.25) is 10.0 Å². The Kier molecular flexibility index (Phi) is 4.39. The van der Waals surface area contributed by atoms with Gasteiger partial charge in [-0.2, -0.15) is 5.10 Å². The molecule has 0 saturated heterocycles. The SMILES string of the molecule is Cc1ccc(NC(=O)c2cnn(-c3ccccc3)c2)cc1S(N)(=O)=O. The van der Waals surface area contributed by atoms with Gasteiger partial charge in [0.1, 0.15) is 0 Å². The molecule has 1 amide bonds. The van der Waals surface area contributed by atoms with Gasteiger partial charge >= 0.3 is 0 Å². The smallest absolute Gasteiger partial charge is 0.258 e. The average Bonchev–Trinajstić information content (AvgIpc) is 3.06. The first kappa shape index (κ1) is 16.9. The summed E-state index contributed by atoms with van der Waals surface area (Å²) in [7, 11) is -3.86. The summed E-state index contributed by atoms with van der Waals surface area (Å²) in [5.74, 6) is -0.397. The molecule has 0 fully saturated rings. The van der Waals surface area contributed by atoms with Crippen molar-refractivity contribution in [2.45, 2.75) is 11.8 Å². The summed E-state index contributed by atoms with van der Waals surface area (Å²) in [5.41, 5.74) is 2.03. The van der Waals surface area contributed by atoms with Crippen LogP contribution in [-0.4, -0.2) is 24.1 Å². The fraction of sp³-hybridized carbons (Fsp3) is 0.0588. The Balaban J connectivity index is 1.83. The van der Waals surface area contributed by atoms with Gasteiger partial charge in [0, 0.05) is 11.9 Å². The van der Waals surface area contributed by atoms with Gasteiger partial charge in [0.15, 0.2) is 0 Å². The Labute approximate surface area is 145 Å². The zero-order chi connectivity index (χ0) is 18.0. The van der Waals surface area contributed by atoms with Crippen molar-refractivity contribution in [3.05, 3.63) is 72.1 Å². The second-order valence-electron chi connectivity index (χ2n) is 5.49.